The van der Waals surface area contributed by atoms with E-state index in [4.69, 9.17) is 5.26 Å². The Morgan fingerprint density at radius 1 is 1.19 bits per heavy atom. The van der Waals surface area contributed by atoms with E-state index in [9.17, 15) is 18.0 Å². The van der Waals surface area contributed by atoms with Gasteiger partial charge < -0.3 is 5.32 Å². The maximum atomic E-state index is 12.8. The van der Waals surface area contributed by atoms with Crippen LogP contribution in [0.5, 0.6) is 0 Å². The van der Waals surface area contributed by atoms with Gasteiger partial charge in [0.25, 0.3) is 5.91 Å². The van der Waals surface area contributed by atoms with E-state index in [1.165, 1.54) is 22.9 Å². The first-order chi connectivity index (χ1) is 12.9. The molecule has 0 bridgehead atoms. The van der Waals surface area contributed by atoms with Crippen LogP contribution in [0.25, 0.3) is 5.69 Å². The van der Waals surface area contributed by atoms with Crippen LogP contribution in [0.15, 0.2) is 60.9 Å². The lowest BCUT2D eigenvalue weighted by Crippen LogP contribution is -2.26. The summed E-state index contributed by atoms with van der Waals surface area (Å²) < 4.78 is 39.8. The third-order valence-corrected chi connectivity index (χ3v) is 3.83. The Bertz CT molecular complexity index is 1000. The Balaban J connectivity index is 1.75. The van der Waals surface area contributed by atoms with Crippen LogP contribution in [0.4, 0.5) is 13.2 Å². The summed E-state index contributed by atoms with van der Waals surface area (Å²) in [5.41, 5.74) is 0.674. The van der Waals surface area contributed by atoms with Gasteiger partial charge in [0.1, 0.15) is 0 Å². The van der Waals surface area contributed by atoms with Gasteiger partial charge in [-0.05, 0) is 42.0 Å². The normalized spacial score (nSPS) is 11.0. The van der Waals surface area contributed by atoms with Gasteiger partial charge in [-0.3, -0.25) is 9.36 Å². The molecule has 0 atom stereocenters. The second-order valence-corrected chi connectivity index (χ2v) is 5.66. The predicted octanol–water partition coefficient (Wildman–Crippen LogP) is 3.69. The number of halogens is 3. The van der Waals surface area contributed by atoms with Gasteiger partial charge in [0, 0.05) is 24.6 Å². The summed E-state index contributed by atoms with van der Waals surface area (Å²) in [7, 11) is 0. The minimum Gasteiger partial charge on any atom is -0.345 e. The Labute approximate surface area is 152 Å². The lowest BCUT2D eigenvalue weighted by Gasteiger charge is -2.11. The lowest BCUT2D eigenvalue weighted by molar-refractivity contribution is -0.137. The van der Waals surface area contributed by atoms with Crippen LogP contribution >= 0.6 is 0 Å². The van der Waals surface area contributed by atoms with Crippen molar-refractivity contribution < 1.29 is 18.0 Å². The van der Waals surface area contributed by atoms with Crippen LogP contribution in [-0.2, 0) is 12.7 Å². The molecule has 1 heterocycles. The smallest absolute Gasteiger partial charge is 0.345 e. The Morgan fingerprint density at radius 3 is 2.59 bits per heavy atom. The molecule has 0 aliphatic carbocycles. The van der Waals surface area contributed by atoms with Crippen molar-refractivity contribution in [2.75, 3.05) is 0 Å². The highest BCUT2D eigenvalue weighted by Gasteiger charge is 2.30. The van der Waals surface area contributed by atoms with Crippen LogP contribution in [0.3, 0.4) is 0 Å². The molecule has 0 aliphatic rings. The summed E-state index contributed by atoms with van der Waals surface area (Å²) >= 11 is 0. The summed E-state index contributed by atoms with van der Waals surface area (Å²) in [6.45, 7) is -0.0665. The lowest BCUT2D eigenvalue weighted by atomic mass is 10.1. The van der Waals surface area contributed by atoms with Crippen LogP contribution in [0.1, 0.15) is 27.3 Å². The van der Waals surface area contributed by atoms with Crippen molar-refractivity contribution in [2.45, 2.75) is 12.7 Å². The van der Waals surface area contributed by atoms with Gasteiger partial charge in [0.2, 0.25) is 5.82 Å². The van der Waals surface area contributed by atoms with Gasteiger partial charge in [-0.2, -0.15) is 18.4 Å². The molecule has 3 aromatic rings. The first-order valence-electron chi connectivity index (χ1n) is 7.87. The van der Waals surface area contributed by atoms with Crippen molar-refractivity contribution in [3.05, 3.63) is 83.4 Å². The number of hydrogen-bond acceptors (Lipinski definition) is 3. The van der Waals surface area contributed by atoms with Crippen LogP contribution < -0.4 is 5.32 Å². The summed E-state index contributed by atoms with van der Waals surface area (Å²) in [5, 5.41) is 11.4. The fraction of sp³-hybridized carbons (Fsp3) is 0.105. The van der Waals surface area contributed by atoms with Crippen molar-refractivity contribution in [1.29, 1.82) is 5.26 Å². The van der Waals surface area contributed by atoms with E-state index in [1.54, 1.807) is 30.5 Å². The average molecular weight is 370 g/mol. The number of carbonyl (C=O) groups is 1. The highest BCUT2D eigenvalue weighted by Crippen LogP contribution is 2.29. The molecule has 0 fully saturated rings. The Hall–Kier alpha value is -3.60. The molecule has 2 aromatic carbocycles. The molecule has 1 N–H and O–H groups in total. The van der Waals surface area contributed by atoms with Crippen LogP contribution in [0, 0.1) is 11.3 Å². The van der Waals surface area contributed by atoms with Crippen molar-refractivity contribution in [3.8, 4) is 11.8 Å². The molecule has 0 radical (unpaired) electrons. The number of rotatable bonds is 4. The number of benzene rings is 2. The second-order valence-electron chi connectivity index (χ2n) is 5.66. The molecule has 1 amide bonds. The molecule has 3 rings (SSSR count). The molecule has 0 aliphatic heterocycles. The van der Waals surface area contributed by atoms with Crippen LogP contribution in [0.2, 0.25) is 0 Å². The van der Waals surface area contributed by atoms with Gasteiger partial charge in [0.05, 0.1) is 17.2 Å². The first-order valence-corrected chi connectivity index (χ1v) is 7.87. The van der Waals surface area contributed by atoms with E-state index in [-0.39, 0.29) is 12.4 Å². The number of amides is 1. The summed E-state index contributed by atoms with van der Waals surface area (Å²) in [4.78, 5) is 16.4. The highest BCUT2D eigenvalue weighted by molar-refractivity contribution is 5.91. The van der Waals surface area contributed by atoms with Crippen molar-refractivity contribution in [3.63, 3.8) is 0 Å². The molecule has 27 heavy (non-hydrogen) atoms. The van der Waals surface area contributed by atoms with Crippen molar-refractivity contribution in [1.82, 2.24) is 14.9 Å². The Morgan fingerprint density at radius 2 is 1.93 bits per heavy atom. The molecule has 0 spiro atoms. The molecular weight excluding hydrogens is 357 g/mol. The zero-order valence-corrected chi connectivity index (χ0v) is 13.9. The second kappa shape index (κ2) is 7.33. The van der Waals surface area contributed by atoms with E-state index in [2.05, 4.69) is 10.3 Å². The number of nitriles is 1. The SMILES string of the molecule is N#Cc1ccc(-n2ccnc2C(=O)NCc2cccc(C(F)(F)F)c2)cc1. The van der Waals surface area contributed by atoms with E-state index < -0.39 is 17.6 Å². The summed E-state index contributed by atoms with van der Waals surface area (Å²) in [6.07, 6.45) is -1.41. The predicted molar refractivity (Wildman–Crippen MR) is 90.9 cm³/mol. The van der Waals surface area contributed by atoms with E-state index >= 15 is 0 Å². The van der Waals surface area contributed by atoms with E-state index in [1.807, 2.05) is 6.07 Å². The number of imidazole rings is 1. The standard InChI is InChI=1S/C19H13F3N4O/c20-19(21,22)15-3-1-2-14(10-15)12-25-18(27)17-24-8-9-26(17)16-6-4-13(11-23)5-7-16/h1-10H,12H2,(H,25,27). The minimum atomic E-state index is -4.44. The minimum absolute atomic E-state index is 0.0665. The van der Waals surface area contributed by atoms with E-state index in [0.29, 0.717) is 16.8 Å². The van der Waals surface area contributed by atoms with Crippen LogP contribution in [-0.4, -0.2) is 15.5 Å². The van der Waals surface area contributed by atoms with Gasteiger partial charge in [-0.1, -0.05) is 12.1 Å². The van der Waals surface area contributed by atoms with Gasteiger partial charge >= 0.3 is 6.18 Å². The molecular formula is C19H13F3N4O. The topological polar surface area (TPSA) is 70.7 Å². The maximum Gasteiger partial charge on any atom is 0.416 e. The zero-order valence-electron chi connectivity index (χ0n) is 13.9. The third-order valence-electron chi connectivity index (χ3n) is 3.83. The molecule has 0 unspecified atom stereocenters. The average Bonchev–Trinajstić information content (AvgIpc) is 3.15. The van der Waals surface area contributed by atoms with Crippen molar-refractivity contribution in [2.24, 2.45) is 0 Å². The fourth-order valence-electron chi connectivity index (χ4n) is 2.50. The van der Waals surface area contributed by atoms with Gasteiger partial charge in [-0.25, -0.2) is 4.98 Å². The number of nitrogens with zero attached hydrogens (tertiary/aromatic N) is 3. The fourth-order valence-corrected chi connectivity index (χ4v) is 2.50. The summed E-state index contributed by atoms with van der Waals surface area (Å²) in [5.74, 6) is -0.437. The molecule has 5 nitrogen and oxygen atoms in total. The Kier molecular flexibility index (Phi) is 4.94. The monoisotopic (exact) mass is 370 g/mol. The van der Waals surface area contributed by atoms with E-state index in [0.717, 1.165) is 12.1 Å². The van der Waals surface area contributed by atoms with Gasteiger partial charge in [-0.15, -0.1) is 0 Å². The molecule has 8 heteroatoms. The van der Waals surface area contributed by atoms with Gasteiger partial charge in [0.15, 0.2) is 0 Å². The molecule has 0 saturated carbocycles. The number of alkyl halides is 3. The van der Waals surface area contributed by atoms with Crippen molar-refractivity contribution >= 4 is 5.91 Å². The maximum absolute atomic E-state index is 12.8. The third kappa shape index (κ3) is 4.15. The molecule has 136 valence electrons. The number of aromatic nitrogens is 2. The molecule has 0 saturated heterocycles. The number of carbonyl (C=O) groups excluding carboxylic acids is 1. The zero-order chi connectivity index (χ0) is 19.4. The molecule has 1 aromatic heterocycles. The quantitative estimate of drug-likeness (QED) is 0.761. The number of nitrogens with one attached hydrogen (secondary N) is 1. The number of hydrogen-bond donors (Lipinski definition) is 1. The highest BCUT2D eigenvalue weighted by atomic mass is 19.4. The summed E-state index contributed by atoms with van der Waals surface area (Å²) in [6, 6.07) is 13.3. The first kappa shape index (κ1) is 18.2. The largest absolute Gasteiger partial charge is 0.416 e.